The Kier molecular flexibility index (Phi) is 11.7. The highest BCUT2D eigenvalue weighted by atomic mass is 16.5. The second-order valence-corrected chi connectivity index (χ2v) is 5.93. The Hall–Kier alpha value is -0.960. The Labute approximate surface area is 119 Å². The molecule has 0 atom stereocenters. The van der Waals surface area contributed by atoms with E-state index in [2.05, 4.69) is 32.7 Å². The Morgan fingerprint density at radius 3 is 1.89 bits per heavy atom. The van der Waals surface area contributed by atoms with Crippen LogP contribution in [0.3, 0.4) is 0 Å². The van der Waals surface area contributed by atoms with Gasteiger partial charge in [0.05, 0.1) is 12.3 Å². The van der Waals surface area contributed by atoms with Gasteiger partial charge in [0.15, 0.2) is 0 Å². The van der Waals surface area contributed by atoms with E-state index in [4.69, 9.17) is 10.1 Å². The van der Waals surface area contributed by atoms with Crippen molar-refractivity contribution in [1.29, 1.82) is 5.41 Å². The van der Waals surface area contributed by atoms with E-state index in [1.807, 2.05) is 27.7 Å². The van der Waals surface area contributed by atoms with Gasteiger partial charge in [-0.25, -0.2) is 0 Å². The van der Waals surface area contributed by atoms with E-state index in [0.717, 1.165) is 17.0 Å². The number of aliphatic imine (C=N–C) groups is 1. The third kappa shape index (κ3) is 15.0. The van der Waals surface area contributed by atoms with Gasteiger partial charge >= 0.3 is 0 Å². The van der Waals surface area contributed by atoms with Crippen LogP contribution < -0.4 is 0 Å². The van der Waals surface area contributed by atoms with Gasteiger partial charge in [-0.1, -0.05) is 34.1 Å². The molecule has 0 spiro atoms. The van der Waals surface area contributed by atoms with E-state index in [1.165, 1.54) is 12.6 Å². The van der Waals surface area contributed by atoms with Crippen LogP contribution in [0.4, 0.5) is 0 Å². The summed E-state index contributed by atoms with van der Waals surface area (Å²) in [4.78, 5) is 4.26. The first-order valence-electron chi connectivity index (χ1n) is 6.97. The largest absolute Gasteiger partial charge is 0.376 e. The molecule has 0 heterocycles. The fraction of sp³-hybridized carbons (Fsp3) is 0.750. The van der Waals surface area contributed by atoms with Crippen LogP contribution in [0.25, 0.3) is 0 Å². The molecule has 0 rings (SSSR count). The van der Waals surface area contributed by atoms with Gasteiger partial charge in [0.25, 0.3) is 0 Å². The lowest BCUT2D eigenvalue weighted by atomic mass is 9.94. The summed E-state index contributed by atoms with van der Waals surface area (Å²) in [7, 11) is 0. The topological polar surface area (TPSA) is 45.4 Å². The van der Waals surface area contributed by atoms with Gasteiger partial charge in [0.2, 0.25) is 0 Å². The van der Waals surface area contributed by atoms with E-state index in [-0.39, 0.29) is 0 Å². The molecule has 3 heteroatoms. The highest BCUT2D eigenvalue weighted by molar-refractivity contribution is 5.89. The second kappa shape index (κ2) is 10.9. The molecule has 0 fully saturated rings. The second-order valence-electron chi connectivity index (χ2n) is 5.93. The maximum absolute atomic E-state index is 7.13. The summed E-state index contributed by atoms with van der Waals surface area (Å²) in [6, 6.07) is 0. The lowest BCUT2D eigenvalue weighted by Gasteiger charge is -2.12. The van der Waals surface area contributed by atoms with Crippen LogP contribution in [-0.2, 0) is 4.74 Å². The minimum Gasteiger partial charge on any atom is -0.376 e. The van der Waals surface area contributed by atoms with Crippen LogP contribution in [0, 0.1) is 10.8 Å². The standard InChI is InChI=1S/C10H18N2O.C6H14/c1-5-13-7-9(4)12-10(6-11)8(2)3;1-5-6(2,3)4/h6,11H,5,7H2,1-4H3;5H2,1-4H3. The number of ether oxygens (including phenoxy) is 1. The minimum absolute atomic E-state index is 0.542. The molecule has 0 saturated heterocycles. The van der Waals surface area contributed by atoms with Crippen molar-refractivity contribution in [3.05, 3.63) is 11.3 Å². The molecule has 0 saturated carbocycles. The third-order valence-electron chi connectivity index (χ3n) is 2.54. The first-order chi connectivity index (χ1) is 8.67. The predicted octanol–water partition coefficient (Wildman–Crippen LogP) is 4.87. The van der Waals surface area contributed by atoms with Crippen molar-refractivity contribution in [1.82, 2.24) is 0 Å². The number of allylic oxidation sites excluding steroid dienone is 2. The van der Waals surface area contributed by atoms with Crippen LogP contribution in [0.5, 0.6) is 0 Å². The zero-order valence-corrected chi connectivity index (χ0v) is 14.1. The van der Waals surface area contributed by atoms with Gasteiger partial charge in [-0.05, 0) is 38.7 Å². The normalized spacial score (nSPS) is 11.5. The average Bonchev–Trinajstić information content (AvgIpc) is 2.32. The molecule has 0 aliphatic heterocycles. The Balaban J connectivity index is 0. The van der Waals surface area contributed by atoms with Crippen molar-refractivity contribution in [3.63, 3.8) is 0 Å². The molecule has 112 valence electrons. The van der Waals surface area contributed by atoms with Crippen LogP contribution >= 0.6 is 0 Å². The fourth-order valence-corrected chi connectivity index (χ4v) is 0.776. The monoisotopic (exact) mass is 268 g/mol. The molecular weight excluding hydrogens is 236 g/mol. The molecule has 0 radical (unpaired) electrons. The molecule has 0 aromatic carbocycles. The zero-order valence-electron chi connectivity index (χ0n) is 14.1. The zero-order chi connectivity index (χ0) is 15.5. The third-order valence-corrected chi connectivity index (χ3v) is 2.54. The number of nitrogens with zero attached hydrogens (tertiary/aromatic N) is 1. The molecule has 3 nitrogen and oxygen atoms in total. The molecule has 0 unspecified atom stereocenters. The number of hydrogen-bond donors (Lipinski definition) is 1. The molecule has 0 aromatic rings. The maximum atomic E-state index is 7.13. The summed E-state index contributed by atoms with van der Waals surface area (Å²) in [5.74, 6) is 0. The fourth-order valence-electron chi connectivity index (χ4n) is 0.776. The average molecular weight is 268 g/mol. The van der Waals surface area contributed by atoms with Gasteiger partial charge < -0.3 is 10.1 Å². The van der Waals surface area contributed by atoms with Crippen molar-refractivity contribution in [2.45, 2.75) is 61.8 Å². The quantitative estimate of drug-likeness (QED) is 0.710. The van der Waals surface area contributed by atoms with Gasteiger partial charge in [0.1, 0.15) is 0 Å². The van der Waals surface area contributed by atoms with Crippen molar-refractivity contribution < 1.29 is 4.74 Å². The van der Waals surface area contributed by atoms with E-state index in [1.54, 1.807) is 0 Å². The van der Waals surface area contributed by atoms with E-state index < -0.39 is 0 Å². The number of nitrogens with one attached hydrogen (secondary N) is 1. The number of rotatable bonds is 5. The predicted molar refractivity (Wildman–Crippen MR) is 86.5 cm³/mol. The maximum Gasteiger partial charge on any atom is 0.0845 e. The van der Waals surface area contributed by atoms with Crippen LogP contribution in [0.2, 0.25) is 0 Å². The summed E-state index contributed by atoms with van der Waals surface area (Å²) in [6.07, 6.45) is 2.54. The summed E-state index contributed by atoms with van der Waals surface area (Å²) in [5.41, 5.74) is 3.21. The molecular formula is C16H32N2O. The summed E-state index contributed by atoms with van der Waals surface area (Å²) in [5, 5.41) is 7.13. The first-order valence-corrected chi connectivity index (χ1v) is 6.97. The van der Waals surface area contributed by atoms with Gasteiger partial charge in [-0.3, -0.25) is 4.99 Å². The van der Waals surface area contributed by atoms with Crippen LogP contribution in [0.15, 0.2) is 16.3 Å². The summed E-state index contributed by atoms with van der Waals surface area (Å²) in [6.45, 7) is 17.9. The van der Waals surface area contributed by atoms with Gasteiger partial charge in [-0.2, -0.15) is 0 Å². The lowest BCUT2D eigenvalue weighted by molar-refractivity contribution is 0.187. The van der Waals surface area contributed by atoms with Crippen molar-refractivity contribution >= 4 is 11.9 Å². The SMILES string of the molecule is CCC(C)(C)C.CCOCC(C)=NC(C=N)=C(C)C. The van der Waals surface area contributed by atoms with E-state index >= 15 is 0 Å². The molecule has 0 bridgehead atoms. The smallest absolute Gasteiger partial charge is 0.0845 e. The summed E-state index contributed by atoms with van der Waals surface area (Å²) < 4.78 is 5.19. The highest BCUT2D eigenvalue weighted by Gasteiger charge is 2.03. The Morgan fingerprint density at radius 2 is 1.63 bits per heavy atom. The van der Waals surface area contributed by atoms with Gasteiger partial charge in [-0.15, -0.1) is 0 Å². The van der Waals surface area contributed by atoms with Crippen molar-refractivity contribution in [2.75, 3.05) is 13.2 Å². The minimum atomic E-state index is 0.542. The van der Waals surface area contributed by atoms with E-state index in [0.29, 0.717) is 18.6 Å². The molecule has 0 aliphatic carbocycles. The number of hydrogen-bond acceptors (Lipinski definition) is 3. The molecule has 19 heavy (non-hydrogen) atoms. The molecule has 0 aliphatic rings. The van der Waals surface area contributed by atoms with Crippen molar-refractivity contribution in [3.8, 4) is 0 Å². The Morgan fingerprint density at radius 1 is 1.16 bits per heavy atom. The summed E-state index contributed by atoms with van der Waals surface area (Å²) >= 11 is 0. The van der Waals surface area contributed by atoms with E-state index in [9.17, 15) is 0 Å². The molecule has 0 aromatic heterocycles. The molecule has 0 amide bonds. The molecule has 1 N–H and O–H groups in total. The van der Waals surface area contributed by atoms with Crippen LogP contribution in [-0.4, -0.2) is 25.1 Å². The van der Waals surface area contributed by atoms with Crippen molar-refractivity contribution in [2.24, 2.45) is 10.4 Å². The van der Waals surface area contributed by atoms with Crippen LogP contribution in [0.1, 0.15) is 61.8 Å². The van der Waals surface area contributed by atoms with Gasteiger partial charge in [0, 0.05) is 18.5 Å². The Bertz CT molecular complexity index is 305. The highest BCUT2D eigenvalue weighted by Crippen LogP contribution is 2.16. The lowest BCUT2D eigenvalue weighted by Crippen LogP contribution is -2.05. The first kappa shape index (κ1) is 20.4.